The molecule has 0 unspecified atom stereocenters. The molecule has 36 heavy (non-hydrogen) atoms. The van der Waals surface area contributed by atoms with Gasteiger partial charge in [0, 0.05) is 55.1 Å². The molecule has 1 aromatic carbocycles. The van der Waals surface area contributed by atoms with Gasteiger partial charge in [0.05, 0.1) is 16.5 Å². The van der Waals surface area contributed by atoms with Gasteiger partial charge in [0.25, 0.3) is 5.91 Å². The van der Waals surface area contributed by atoms with E-state index in [1.54, 1.807) is 12.4 Å². The first kappa shape index (κ1) is 22.1. The lowest BCUT2D eigenvalue weighted by molar-refractivity contribution is -0.118. The number of rotatable bonds is 6. The van der Waals surface area contributed by atoms with Crippen molar-refractivity contribution in [2.45, 2.75) is 32.6 Å². The number of benzene rings is 1. The average Bonchev–Trinajstić information content (AvgIpc) is 3.67. The van der Waals surface area contributed by atoms with Crippen LogP contribution in [0.4, 0.5) is 0 Å². The normalized spacial score (nSPS) is 13.6. The summed E-state index contributed by atoms with van der Waals surface area (Å²) in [5.74, 6) is 0.781. The molecule has 9 heteroatoms. The maximum Gasteiger partial charge on any atom is 0.256 e. The maximum absolute atomic E-state index is 13.1. The third kappa shape index (κ3) is 3.92. The number of pyridine rings is 2. The molecule has 0 saturated carbocycles. The number of aromatic amines is 2. The molecule has 0 aliphatic carbocycles. The maximum atomic E-state index is 13.1. The fourth-order valence-corrected chi connectivity index (χ4v) is 4.68. The second-order valence-electron chi connectivity index (χ2n) is 9.09. The summed E-state index contributed by atoms with van der Waals surface area (Å²) >= 11 is 0. The van der Waals surface area contributed by atoms with Crippen molar-refractivity contribution in [3.8, 4) is 22.6 Å². The number of ketones is 1. The fourth-order valence-electron chi connectivity index (χ4n) is 4.68. The van der Waals surface area contributed by atoms with E-state index in [0.29, 0.717) is 41.1 Å². The number of nitrogens with zero attached hydrogens (tertiary/aromatic N) is 5. The Kier molecular flexibility index (Phi) is 5.52. The smallest absolute Gasteiger partial charge is 0.256 e. The van der Waals surface area contributed by atoms with Crippen molar-refractivity contribution in [1.82, 2.24) is 35.0 Å². The Morgan fingerprint density at radius 2 is 1.86 bits per heavy atom. The monoisotopic (exact) mass is 479 g/mol. The van der Waals surface area contributed by atoms with Crippen molar-refractivity contribution in [1.29, 1.82) is 0 Å². The molecule has 0 atom stereocenters. The van der Waals surface area contributed by atoms with E-state index in [1.165, 1.54) is 0 Å². The quantitative estimate of drug-likeness (QED) is 0.374. The van der Waals surface area contributed by atoms with E-state index in [0.717, 1.165) is 53.7 Å². The van der Waals surface area contributed by atoms with Crippen molar-refractivity contribution in [2.75, 3.05) is 13.1 Å². The number of Topliss-reactive ketones (excluding diaryl/α,β-unsaturated/α-hetero) is 1. The first-order chi connectivity index (χ1) is 17.6. The molecule has 2 N–H and O–H groups in total. The highest BCUT2D eigenvalue weighted by Crippen LogP contribution is 2.30. The second kappa shape index (κ2) is 8.99. The summed E-state index contributed by atoms with van der Waals surface area (Å²) in [5, 5.41) is 8.22. The predicted molar refractivity (Wildman–Crippen MR) is 136 cm³/mol. The summed E-state index contributed by atoms with van der Waals surface area (Å²) in [6, 6.07) is 11.5. The molecule has 1 amide bonds. The van der Waals surface area contributed by atoms with E-state index in [4.69, 9.17) is 4.98 Å². The molecular formula is C27H25N7O2. The molecule has 4 aromatic heterocycles. The molecule has 9 nitrogen and oxygen atoms in total. The van der Waals surface area contributed by atoms with Crippen LogP contribution in [0, 0.1) is 0 Å². The van der Waals surface area contributed by atoms with Crippen LogP contribution in [0.15, 0.2) is 48.8 Å². The number of para-hydroxylation sites is 1. The van der Waals surface area contributed by atoms with Crippen molar-refractivity contribution in [3.63, 3.8) is 0 Å². The summed E-state index contributed by atoms with van der Waals surface area (Å²) in [6.45, 7) is 3.43. The standard InChI is InChI=1S/C27H25N7O2/c1-2-19(35)13-18-9-8-16(14-28-18)17-12-21-24(32-33-25(21)29-15-17)26-30-22-7-5-6-20(23(22)31-26)27(36)34-10-3-4-11-34/h5-9,12,14-15H,2-4,10-11,13H2,1H3,(H,30,31)(H,29,32,33). The van der Waals surface area contributed by atoms with Crippen LogP contribution in [-0.4, -0.2) is 59.8 Å². The number of hydrogen-bond donors (Lipinski definition) is 2. The zero-order valence-corrected chi connectivity index (χ0v) is 19.9. The molecule has 1 aliphatic rings. The Morgan fingerprint density at radius 1 is 1.03 bits per heavy atom. The van der Waals surface area contributed by atoms with Gasteiger partial charge in [-0.05, 0) is 37.1 Å². The highest BCUT2D eigenvalue weighted by atomic mass is 16.2. The van der Waals surface area contributed by atoms with Gasteiger partial charge in [0.2, 0.25) is 0 Å². The van der Waals surface area contributed by atoms with Crippen molar-refractivity contribution in [2.24, 2.45) is 0 Å². The number of amides is 1. The highest BCUT2D eigenvalue weighted by Gasteiger charge is 2.23. The lowest BCUT2D eigenvalue weighted by Crippen LogP contribution is -2.27. The summed E-state index contributed by atoms with van der Waals surface area (Å²) < 4.78 is 0. The van der Waals surface area contributed by atoms with E-state index in [9.17, 15) is 9.59 Å². The predicted octanol–water partition coefficient (Wildman–Crippen LogP) is 4.32. The van der Waals surface area contributed by atoms with E-state index in [2.05, 4.69) is 25.1 Å². The van der Waals surface area contributed by atoms with Crippen LogP contribution in [-0.2, 0) is 11.2 Å². The summed E-state index contributed by atoms with van der Waals surface area (Å²) in [7, 11) is 0. The Labute approximate surface area is 207 Å². The minimum absolute atomic E-state index is 0.0196. The number of carbonyl (C=O) groups excluding carboxylic acids is 2. The molecule has 180 valence electrons. The molecule has 0 bridgehead atoms. The Balaban J connectivity index is 1.36. The van der Waals surface area contributed by atoms with Crippen LogP contribution in [0.1, 0.15) is 42.2 Å². The molecule has 1 saturated heterocycles. The third-order valence-corrected chi connectivity index (χ3v) is 6.71. The number of carbonyl (C=O) groups is 2. The van der Waals surface area contributed by atoms with Crippen molar-refractivity contribution >= 4 is 33.8 Å². The zero-order chi connectivity index (χ0) is 24.6. The van der Waals surface area contributed by atoms with Gasteiger partial charge >= 0.3 is 0 Å². The summed E-state index contributed by atoms with van der Waals surface area (Å²) in [5.41, 5.74) is 5.85. The van der Waals surface area contributed by atoms with Crippen molar-refractivity contribution in [3.05, 3.63) is 60.0 Å². The Bertz CT molecular complexity index is 1590. The largest absolute Gasteiger partial charge is 0.339 e. The van der Waals surface area contributed by atoms with Crippen LogP contribution in [0.3, 0.4) is 0 Å². The Morgan fingerprint density at radius 3 is 2.64 bits per heavy atom. The first-order valence-electron chi connectivity index (χ1n) is 12.2. The van der Waals surface area contributed by atoms with Gasteiger partial charge in [-0.3, -0.25) is 19.7 Å². The summed E-state index contributed by atoms with van der Waals surface area (Å²) in [4.78, 5) is 43.8. The molecule has 0 radical (unpaired) electrons. The minimum Gasteiger partial charge on any atom is -0.339 e. The molecule has 5 heterocycles. The third-order valence-electron chi connectivity index (χ3n) is 6.71. The first-order valence-corrected chi connectivity index (χ1v) is 12.2. The number of fused-ring (bicyclic) bond motifs is 2. The number of imidazole rings is 1. The number of aromatic nitrogens is 6. The van der Waals surface area contributed by atoms with Crippen LogP contribution in [0.5, 0.6) is 0 Å². The van der Waals surface area contributed by atoms with E-state index >= 15 is 0 Å². The molecule has 1 fully saturated rings. The zero-order valence-electron chi connectivity index (χ0n) is 19.9. The van der Waals surface area contributed by atoms with Gasteiger partial charge in [-0.25, -0.2) is 9.97 Å². The summed E-state index contributed by atoms with van der Waals surface area (Å²) in [6.07, 6.45) is 6.44. The van der Waals surface area contributed by atoms with E-state index in [-0.39, 0.29) is 11.7 Å². The number of hydrogen-bond acceptors (Lipinski definition) is 6. The molecule has 6 rings (SSSR count). The number of likely N-dealkylation sites (tertiary alicyclic amines) is 1. The number of nitrogens with one attached hydrogen (secondary N) is 2. The van der Waals surface area contributed by atoms with Crippen LogP contribution < -0.4 is 0 Å². The SMILES string of the molecule is CCC(=O)Cc1ccc(-c2cnc3n[nH]c(-c4nc5c(C(=O)N6CCCC6)cccc5[nH]4)c3c2)cn1. The number of H-pyrrole nitrogens is 2. The van der Waals surface area contributed by atoms with Crippen LogP contribution in [0.25, 0.3) is 44.7 Å². The lowest BCUT2D eigenvalue weighted by atomic mass is 10.1. The van der Waals surface area contributed by atoms with Gasteiger partial charge in [-0.1, -0.05) is 19.1 Å². The van der Waals surface area contributed by atoms with Gasteiger partial charge in [0.15, 0.2) is 11.5 Å². The topological polar surface area (TPSA) is 121 Å². The van der Waals surface area contributed by atoms with Crippen LogP contribution in [0.2, 0.25) is 0 Å². The van der Waals surface area contributed by atoms with Gasteiger partial charge in [-0.2, -0.15) is 5.10 Å². The van der Waals surface area contributed by atoms with E-state index < -0.39 is 0 Å². The average molecular weight is 480 g/mol. The lowest BCUT2D eigenvalue weighted by Gasteiger charge is -2.15. The van der Waals surface area contributed by atoms with Gasteiger partial charge in [0.1, 0.15) is 17.0 Å². The van der Waals surface area contributed by atoms with Crippen molar-refractivity contribution < 1.29 is 9.59 Å². The molecule has 5 aromatic rings. The molecular weight excluding hydrogens is 454 g/mol. The van der Waals surface area contributed by atoms with Crippen LogP contribution >= 0.6 is 0 Å². The van der Waals surface area contributed by atoms with Gasteiger partial charge < -0.3 is 9.88 Å². The van der Waals surface area contributed by atoms with E-state index in [1.807, 2.05) is 48.2 Å². The molecule has 0 spiro atoms. The molecule has 1 aliphatic heterocycles. The fraction of sp³-hybridized carbons (Fsp3) is 0.259. The minimum atomic E-state index is 0.0196. The van der Waals surface area contributed by atoms with Gasteiger partial charge in [-0.15, -0.1) is 0 Å². The highest BCUT2D eigenvalue weighted by molar-refractivity contribution is 6.06. The Hall–Kier alpha value is -4.40. The second-order valence-corrected chi connectivity index (χ2v) is 9.09.